The van der Waals surface area contributed by atoms with E-state index in [1.165, 1.54) is 4.45 Å². The molecule has 2 aromatic rings. The Hall–Kier alpha value is -0.960. The molecule has 3 heterocycles. The maximum Gasteiger partial charge on any atom is 0.291 e. The molecule has 0 saturated carbocycles. The Morgan fingerprint density at radius 2 is 1.96 bits per heavy atom. The van der Waals surface area contributed by atoms with Gasteiger partial charge in [0.15, 0.2) is 0 Å². The highest BCUT2D eigenvalue weighted by molar-refractivity contribution is 14.2. The van der Waals surface area contributed by atoms with Gasteiger partial charge in [-0.25, -0.2) is 4.45 Å². The molecule has 0 N–H and O–H groups in total. The summed E-state index contributed by atoms with van der Waals surface area (Å²) in [6.45, 7) is 6.59. The van der Waals surface area contributed by atoms with Crippen LogP contribution in [0, 0.1) is 0 Å². The lowest BCUT2D eigenvalue weighted by Gasteiger charge is -2.36. The van der Waals surface area contributed by atoms with E-state index in [1.54, 1.807) is 16.8 Å². The van der Waals surface area contributed by atoms with Crippen LogP contribution in [-0.2, 0) is 13.1 Å². The molecule has 10 heteroatoms. The van der Waals surface area contributed by atoms with E-state index in [9.17, 15) is 9.59 Å². The third-order valence-corrected chi connectivity index (χ3v) is 6.74. The van der Waals surface area contributed by atoms with Crippen molar-refractivity contribution in [2.24, 2.45) is 0 Å². The van der Waals surface area contributed by atoms with E-state index < -0.39 is 0 Å². The summed E-state index contributed by atoms with van der Waals surface area (Å²) in [7, 11) is 0. The van der Waals surface area contributed by atoms with Crippen LogP contribution in [0.5, 0.6) is 0 Å². The number of pyridine rings is 1. The third-order valence-electron chi connectivity index (χ3n) is 4.54. The number of aromatic nitrogens is 3. The average molecular weight is 508 g/mol. The molecular weight excluding hydrogens is 488 g/mol. The fraction of sp³-hybridized carbons (Fsp3) is 0.438. The Labute approximate surface area is 171 Å². The number of rotatable bonds is 5. The van der Waals surface area contributed by atoms with E-state index in [1.807, 2.05) is 19.1 Å². The van der Waals surface area contributed by atoms with Crippen molar-refractivity contribution < 1.29 is 0 Å². The monoisotopic (exact) mass is 507 g/mol. The van der Waals surface area contributed by atoms with Gasteiger partial charge >= 0.3 is 0 Å². The van der Waals surface area contributed by atoms with Crippen molar-refractivity contribution in [3.8, 4) is 0 Å². The van der Waals surface area contributed by atoms with Crippen LogP contribution in [0.3, 0.4) is 0 Å². The number of hydrogen-bond acceptors (Lipinski definition) is 5. The highest BCUT2D eigenvalue weighted by Crippen LogP contribution is 2.26. The number of piperazine rings is 1. The lowest BCUT2D eigenvalue weighted by Crippen LogP contribution is -2.47. The Morgan fingerprint density at radius 1 is 1.23 bits per heavy atom. The smallest absolute Gasteiger partial charge is 0.291 e. The largest absolute Gasteiger partial charge is 0.366 e. The molecule has 1 aliphatic rings. The Balaban J connectivity index is 1.69. The first kappa shape index (κ1) is 19.8. The van der Waals surface area contributed by atoms with Crippen LogP contribution in [0.25, 0.3) is 0 Å². The zero-order valence-corrected chi connectivity index (χ0v) is 18.3. The van der Waals surface area contributed by atoms with Crippen molar-refractivity contribution in [1.82, 2.24) is 19.0 Å². The van der Waals surface area contributed by atoms with Crippen molar-refractivity contribution in [3.63, 3.8) is 0 Å². The van der Waals surface area contributed by atoms with E-state index in [0.29, 0.717) is 12.2 Å². The van der Waals surface area contributed by atoms with Gasteiger partial charge in [0, 0.05) is 51.0 Å². The fourth-order valence-corrected chi connectivity index (χ4v) is 4.78. The van der Waals surface area contributed by atoms with Crippen LogP contribution in [0.15, 0.2) is 34.0 Å². The standard InChI is InChI=1S/C16H20ClIN5O2P/c1-2-22-12(4-3-5-14(22)24)11-20-6-8-21(9-7-20)13-10-19-23(26-18)16(25)15(13)17/h3-5,10,26H,2,6-9,11H2,1H3. The molecule has 1 fully saturated rings. The van der Waals surface area contributed by atoms with Crippen LogP contribution < -0.4 is 16.0 Å². The molecule has 0 radical (unpaired) electrons. The molecule has 0 bridgehead atoms. The summed E-state index contributed by atoms with van der Waals surface area (Å²) in [6, 6.07) is 5.41. The topological polar surface area (TPSA) is 63.4 Å². The minimum atomic E-state index is -0.240. The molecule has 0 spiro atoms. The van der Waals surface area contributed by atoms with Crippen LogP contribution in [0.1, 0.15) is 12.6 Å². The average Bonchev–Trinajstić information content (AvgIpc) is 2.65. The summed E-state index contributed by atoms with van der Waals surface area (Å²) in [6.07, 6.45) is 1.91. The van der Waals surface area contributed by atoms with Gasteiger partial charge in [0.1, 0.15) is 5.02 Å². The number of nitrogens with zero attached hydrogens (tertiary/aromatic N) is 5. The second-order valence-corrected chi connectivity index (χ2v) is 8.43. The van der Waals surface area contributed by atoms with Gasteiger partial charge in [-0.2, -0.15) is 5.10 Å². The summed E-state index contributed by atoms with van der Waals surface area (Å²) < 4.78 is 3.18. The predicted octanol–water partition coefficient (Wildman–Crippen LogP) is 2.19. The van der Waals surface area contributed by atoms with Gasteiger partial charge in [-0.05, 0) is 35.0 Å². The number of hydrogen-bond donors (Lipinski definition) is 0. The van der Waals surface area contributed by atoms with E-state index in [4.69, 9.17) is 11.6 Å². The summed E-state index contributed by atoms with van der Waals surface area (Å²) in [4.78, 5) is 28.5. The highest BCUT2D eigenvalue weighted by atomic mass is 127. The molecule has 3 rings (SSSR count). The Bertz CT molecular complexity index is 895. The summed E-state index contributed by atoms with van der Waals surface area (Å²) >= 11 is 8.38. The first-order valence-electron chi connectivity index (χ1n) is 8.35. The molecule has 140 valence electrons. The fourth-order valence-electron chi connectivity index (χ4n) is 3.14. The summed E-state index contributed by atoms with van der Waals surface area (Å²) in [5.41, 5.74) is 1.53. The molecule has 26 heavy (non-hydrogen) atoms. The van der Waals surface area contributed by atoms with E-state index in [0.717, 1.165) is 38.4 Å². The zero-order valence-electron chi connectivity index (χ0n) is 14.4. The van der Waals surface area contributed by atoms with E-state index >= 15 is 0 Å². The van der Waals surface area contributed by atoms with Gasteiger partial charge in [0.25, 0.3) is 11.1 Å². The molecule has 1 saturated heterocycles. The maximum absolute atomic E-state index is 12.2. The highest BCUT2D eigenvalue weighted by Gasteiger charge is 2.21. The molecule has 0 amide bonds. The number of halogens is 2. The molecule has 1 aliphatic heterocycles. The van der Waals surface area contributed by atoms with Crippen LogP contribution in [0.4, 0.5) is 5.69 Å². The Morgan fingerprint density at radius 3 is 2.62 bits per heavy atom. The predicted molar refractivity (Wildman–Crippen MR) is 115 cm³/mol. The second-order valence-electron chi connectivity index (χ2n) is 6.01. The molecule has 2 aromatic heterocycles. The molecular formula is C16H20ClIN5O2P. The van der Waals surface area contributed by atoms with Gasteiger partial charge in [-0.15, -0.1) is 0 Å². The van der Waals surface area contributed by atoms with Gasteiger partial charge in [-0.1, -0.05) is 17.7 Å². The van der Waals surface area contributed by atoms with E-state index in [2.05, 4.69) is 36.9 Å². The lowest BCUT2D eigenvalue weighted by atomic mass is 10.2. The van der Waals surface area contributed by atoms with Gasteiger partial charge in [-0.3, -0.25) is 14.5 Å². The van der Waals surface area contributed by atoms with Crippen molar-refractivity contribution in [2.45, 2.75) is 20.0 Å². The van der Waals surface area contributed by atoms with Crippen molar-refractivity contribution in [1.29, 1.82) is 0 Å². The van der Waals surface area contributed by atoms with Crippen molar-refractivity contribution in [3.05, 3.63) is 55.8 Å². The van der Waals surface area contributed by atoms with E-state index in [-0.39, 0.29) is 22.5 Å². The maximum atomic E-state index is 12.2. The lowest BCUT2D eigenvalue weighted by molar-refractivity contribution is 0.243. The Kier molecular flexibility index (Phi) is 6.71. The summed E-state index contributed by atoms with van der Waals surface area (Å²) in [5, 5.41) is 4.42. The summed E-state index contributed by atoms with van der Waals surface area (Å²) in [5.74, 6) is 0. The second kappa shape index (κ2) is 8.82. The molecule has 1 atom stereocenters. The third kappa shape index (κ3) is 4.13. The van der Waals surface area contributed by atoms with Crippen LogP contribution >= 0.6 is 40.0 Å². The normalized spacial score (nSPS) is 15.9. The van der Waals surface area contributed by atoms with Crippen LogP contribution in [-0.4, -0.2) is 45.2 Å². The van der Waals surface area contributed by atoms with Crippen molar-refractivity contribution in [2.75, 3.05) is 31.1 Å². The molecule has 7 nitrogen and oxygen atoms in total. The van der Waals surface area contributed by atoms with Crippen LogP contribution in [0.2, 0.25) is 5.02 Å². The molecule has 0 aromatic carbocycles. The quantitative estimate of drug-likeness (QED) is 0.459. The van der Waals surface area contributed by atoms with Crippen molar-refractivity contribution >= 4 is 45.7 Å². The molecule has 1 unspecified atom stereocenters. The van der Waals surface area contributed by atoms with Gasteiger partial charge in [0.05, 0.1) is 18.3 Å². The number of anilines is 1. The minimum absolute atomic E-state index is 0.0398. The first-order chi connectivity index (χ1) is 12.5. The minimum Gasteiger partial charge on any atom is -0.366 e. The SMILES string of the molecule is CCn1c(CN2CCN(c3cnn(PI)c(=O)c3Cl)CC2)cccc1=O. The molecule has 0 aliphatic carbocycles. The van der Waals surface area contributed by atoms with Gasteiger partial charge < -0.3 is 9.47 Å². The zero-order chi connectivity index (χ0) is 18.7. The van der Waals surface area contributed by atoms with Gasteiger partial charge in [0.2, 0.25) is 0 Å². The first-order valence-corrected chi connectivity index (χ1v) is 12.8.